The van der Waals surface area contributed by atoms with E-state index in [0.717, 1.165) is 25.4 Å². The Labute approximate surface area is 145 Å². The van der Waals surface area contributed by atoms with Gasteiger partial charge >= 0.3 is 6.09 Å². The summed E-state index contributed by atoms with van der Waals surface area (Å²) in [6, 6.07) is -0.534. The van der Waals surface area contributed by atoms with Gasteiger partial charge in [-0.05, 0) is 37.5 Å². The topological polar surface area (TPSA) is 67.9 Å². The maximum absolute atomic E-state index is 12.7. The van der Waals surface area contributed by atoms with Crippen LogP contribution in [0.3, 0.4) is 0 Å². The molecular formula is C18H32N2O4. The Kier molecular flexibility index (Phi) is 7.34. The molecule has 0 aromatic rings. The molecule has 2 aliphatic rings. The Balaban J connectivity index is 1.76. The van der Waals surface area contributed by atoms with E-state index in [0.29, 0.717) is 13.1 Å². The molecule has 1 N–H and O–H groups in total. The summed E-state index contributed by atoms with van der Waals surface area (Å²) in [5, 5.41) is 2.65. The van der Waals surface area contributed by atoms with E-state index in [4.69, 9.17) is 4.74 Å². The number of methoxy groups -OCH3 is 1. The molecule has 1 aliphatic heterocycles. The van der Waals surface area contributed by atoms with E-state index in [2.05, 4.69) is 10.1 Å². The van der Waals surface area contributed by atoms with Gasteiger partial charge < -0.3 is 19.7 Å². The number of piperidine rings is 1. The first-order valence-electron chi connectivity index (χ1n) is 9.26. The summed E-state index contributed by atoms with van der Waals surface area (Å²) in [7, 11) is 1.31. The average Bonchev–Trinajstić information content (AvgIpc) is 3.10. The number of hydrogen-bond acceptors (Lipinski definition) is 4. The smallest absolute Gasteiger partial charge is 0.407 e. The van der Waals surface area contributed by atoms with E-state index in [1.165, 1.54) is 32.8 Å². The van der Waals surface area contributed by atoms with E-state index < -0.39 is 12.1 Å². The van der Waals surface area contributed by atoms with Crippen LogP contribution in [-0.4, -0.2) is 55.9 Å². The molecule has 1 heterocycles. The first-order chi connectivity index (χ1) is 11.5. The second-order valence-corrected chi connectivity index (χ2v) is 7.37. The molecule has 138 valence electrons. The number of nitrogens with zero attached hydrogens (tertiary/aromatic N) is 1. The van der Waals surface area contributed by atoms with Crippen LogP contribution in [0.1, 0.15) is 52.4 Å². The lowest BCUT2D eigenvalue weighted by Gasteiger charge is -2.35. The molecular weight excluding hydrogens is 308 g/mol. The number of rotatable bonds is 6. The predicted octanol–water partition coefficient (Wildman–Crippen LogP) is 2.56. The second kappa shape index (κ2) is 9.25. The van der Waals surface area contributed by atoms with Gasteiger partial charge in [0.1, 0.15) is 6.04 Å². The zero-order chi connectivity index (χ0) is 17.5. The van der Waals surface area contributed by atoms with Crippen molar-refractivity contribution >= 4 is 12.0 Å². The molecule has 0 aromatic carbocycles. The number of carbonyl (C=O) groups excluding carboxylic acids is 2. The highest BCUT2D eigenvalue weighted by atomic mass is 16.5. The van der Waals surface area contributed by atoms with Crippen molar-refractivity contribution in [3.8, 4) is 0 Å². The normalized spacial score (nSPS) is 21.1. The summed E-state index contributed by atoms with van der Waals surface area (Å²) in [6.45, 7) is 6.11. The molecule has 2 fully saturated rings. The lowest BCUT2D eigenvalue weighted by molar-refractivity contribution is -0.137. The van der Waals surface area contributed by atoms with Crippen LogP contribution in [0.25, 0.3) is 0 Å². The average molecular weight is 340 g/mol. The Hall–Kier alpha value is -1.30. The summed E-state index contributed by atoms with van der Waals surface area (Å²) >= 11 is 0. The van der Waals surface area contributed by atoms with Gasteiger partial charge in [0.05, 0.1) is 13.2 Å². The Morgan fingerprint density at radius 3 is 2.29 bits per heavy atom. The maximum atomic E-state index is 12.7. The van der Waals surface area contributed by atoms with Crippen molar-refractivity contribution in [2.24, 2.45) is 11.8 Å². The van der Waals surface area contributed by atoms with Crippen LogP contribution in [0.5, 0.6) is 0 Å². The lowest BCUT2D eigenvalue weighted by atomic mass is 10.0. The number of ether oxygens (including phenoxy) is 2. The fraction of sp³-hybridized carbons (Fsp3) is 0.889. The highest BCUT2D eigenvalue weighted by Gasteiger charge is 2.31. The third-order valence-corrected chi connectivity index (χ3v) is 5.19. The molecule has 2 amide bonds. The fourth-order valence-electron chi connectivity index (χ4n) is 3.59. The molecule has 24 heavy (non-hydrogen) atoms. The Morgan fingerprint density at radius 2 is 1.75 bits per heavy atom. The van der Waals surface area contributed by atoms with Crippen molar-refractivity contribution < 1.29 is 19.1 Å². The van der Waals surface area contributed by atoms with Crippen molar-refractivity contribution in [1.82, 2.24) is 10.2 Å². The minimum Gasteiger partial charge on any atom is -0.453 e. The molecule has 6 nitrogen and oxygen atoms in total. The summed E-state index contributed by atoms with van der Waals surface area (Å²) in [5.74, 6) is 0.733. The predicted molar refractivity (Wildman–Crippen MR) is 91.7 cm³/mol. The quantitative estimate of drug-likeness (QED) is 0.807. The largest absolute Gasteiger partial charge is 0.453 e. The molecule has 1 saturated heterocycles. The van der Waals surface area contributed by atoms with Gasteiger partial charge in [-0.3, -0.25) is 4.79 Å². The molecule has 0 unspecified atom stereocenters. The molecule has 0 aromatic heterocycles. The molecule has 2 rings (SSSR count). The van der Waals surface area contributed by atoms with Crippen molar-refractivity contribution in [1.29, 1.82) is 0 Å². The van der Waals surface area contributed by atoms with Crippen LogP contribution in [0, 0.1) is 11.8 Å². The molecule has 0 radical (unpaired) electrons. The SMILES string of the molecule is COC(=O)N[C@@H](C(=O)N1CCC(OCC2CCCC2)CC1)C(C)C. The number of alkyl carbamates (subject to hydrolysis) is 1. The van der Waals surface area contributed by atoms with Gasteiger partial charge in [-0.2, -0.15) is 0 Å². The number of amides is 2. The number of nitrogens with one attached hydrogen (secondary N) is 1. The number of carbonyl (C=O) groups is 2. The summed E-state index contributed by atoms with van der Waals surface area (Å²) in [4.78, 5) is 26.0. The van der Waals surface area contributed by atoms with Crippen LogP contribution < -0.4 is 5.32 Å². The fourth-order valence-corrected chi connectivity index (χ4v) is 3.59. The summed E-state index contributed by atoms with van der Waals surface area (Å²) in [5.41, 5.74) is 0. The van der Waals surface area contributed by atoms with Gasteiger partial charge in [0, 0.05) is 19.7 Å². The number of hydrogen-bond donors (Lipinski definition) is 1. The van der Waals surface area contributed by atoms with Crippen molar-refractivity contribution in [3.05, 3.63) is 0 Å². The maximum Gasteiger partial charge on any atom is 0.407 e. The van der Waals surface area contributed by atoms with Gasteiger partial charge in [-0.1, -0.05) is 26.7 Å². The molecule has 0 spiro atoms. The Morgan fingerprint density at radius 1 is 1.12 bits per heavy atom. The third-order valence-electron chi connectivity index (χ3n) is 5.19. The van der Waals surface area contributed by atoms with E-state index in [9.17, 15) is 9.59 Å². The second-order valence-electron chi connectivity index (χ2n) is 7.37. The van der Waals surface area contributed by atoms with Crippen molar-refractivity contribution in [3.63, 3.8) is 0 Å². The van der Waals surface area contributed by atoms with Crippen LogP contribution in [0.15, 0.2) is 0 Å². The van der Waals surface area contributed by atoms with Gasteiger partial charge in [0.25, 0.3) is 0 Å². The van der Waals surface area contributed by atoms with Gasteiger partial charge in [-0.15, -0.1) is 0 Å². The van der Waals surface area contributed by atoms with E-state index in [1.54, 1.807) is 0 Å². The lowest BCUT2D eigenvalue weighted by Crippen LogP contribution is -2.53. The van der Waals surface area contributed by atoms with Gasteiger partial charge in [-0.25, -0.2) is 4.79 Å². The molecule has 1 atom stereocenters. The highest BCUT2D eigenvalue weighted by molar-refractivity contribution is 5.86. The monoisotopic (exact) mass is 340 g/mol. The van der Waals surface area contributed by atoms with E-state index in [1.807, 2.05) is 18.7 Å². The van der Waals surface area contributed by atoms with Gasteiger partial charge in [0.15, 0.2) is 0 Å². The molecule has 1 aliphatic carbocycles. The molecule has 6 heteroatoms. The first kappa shape index (κ1) is 19.0. The van der Waals surface area contributed by atoms with Crippen LogP contribution in [-0.2, 0) is 14.3 Å². The van der Waals surface area contributed by atoms with Crippen LogP contribution >= 0.6 is 0 Å². The van der Waals surface area contributed by atoms with Gasteiger partial charge in [0.2, 0.25) is 5.91 Å². The summed E-state index contributed by atoms with van der Waals surface area (Å²) in [6.07, 6.45) is 6.73. The minimum absolute atomic E-state index is 0.0212. The standard InChI is InChI=1S/C18H32N2O4/c1-13(2)16(19-18(22)23-3)17(21)20-10-8-15(9-11-20)24-12-14-6-4-5-7-14/h13-16H,4-12H2,1-3H3,(H,19,22)/t16-/m1/s1. The zero-order valence-corrected chi connectivity index (χ0v) is 15.3. The third kappa shape index (κ3) is 5.36. The van der Waals surface area contributed by atoms with E-state index >= 15 is 0 Å². The van der Waals surface area contributed by atoms with Crippen LogP contribution in [0.2, 0.25) is 0 Å². The number of likely N-dealkylation sites (tertiary alicyclic amines) is 1. The highest BCUT2D eigenvalue weighted by Crippen LogP contribution is 2.26. The van der Waals surface area contributed by atoms with Crippen molar-refractivity contribution in [2.45, 2.75) is 64.5 Å². The van der Waals surface area contributed by atoms with Crippen LogP contribution in [0.4, 0.5) is 4.79 Å². The summed E-state index contributed by atoms with van der Waals surface area (Å²) < 4.78 is 10.7. The van der Waals surface area contributed by atoms with Crippen molar-refractivity contribution in [2.75, 3.05) is 26.8 Å². The Bertz CT molecular complexity index is 413. The minimum atomic E-state index is -0.558. The first-order valence-corrected chi connectivity index (χ1v) is 9.26. The van der Waals surface area contributed by atoms with E-state index in [-0.39, 0.29) is 17.9 Å². The zero-order valence-electron chi connectivity index (χ0n) is 15.3. The molecule has 0 bridgehead atoms. The molecule has 1 saturated carbocycles.